The first kappa shape index (κ1) is 13.7. The molecular weight excluding hydrogens is 308 g/mol. The summed E-state index contributed by atoms with van der Waals surface area (Å²) < 4.78 is 8.09. The molecule has 0 bridgehead atoms. The molecule has 0 amide bonds. The Kier molecular flexibility index (Phi) is 4.27. The lowest BCUT2D eigenvalue weighted by Gasteiger charge is -2.10. The van der Waals surface area contributed by atoms with Gasteiger partial charge in [0.15, 0.2) is 0 Å². The topological polar surface area (TPSA) is 57.2 Å². The van der Waals surface area contributed by atoms with Gasteiger partial charge >= 0.3 is 0 Å². The van der Waals surface area contributed by atoms with Crippen LogP contribution in [0.4, 0.5) is 5.69 Å². The molecule has 0 saturated heterocycles. The van der Waals surface area contributed by atoms with Crippen molar-refractivity contribution in [1.29, 1.82) is 0 Å². The molecule has 1 aromatic carbocycles. The van der Waals surface area contributed by atoms with Gasteiger partial charge < -0.3 is 15.0 Å². The van der Waals surface area contributed by atoms with Gasteiger partial charge in [0.1, 0.15) is 12.4 Å². The van der Waals surface area contributed by atoms with Crippen molar-refractivity contribution < 1.29 is 4.74 Å². The van der Waals surface area contributed by atoms with Gasteiger partial charge in [-0.15, -0.1) is 0 Å². The summed E-state index contributed by atoms with van der Waals surface area (Å²) in [5.41, 5.74) is 7.28. The van der Waals surface area contributed by atoms with Crippen molar-refractivity contribution in [2.45, 2.75) is 13.5 Å². The summed E-state index contributed by atoms with van der Waals surface area (Å²) in [6.07, 6.45) is 1.62. The Morgan fingerprint density at radius 1 is 1.32 bits per heavy atom. The second-order valence-corrected chi connectivity index (χ2v) is 5.13. The van der Waals surface area contributed by atoms with Crippen LogP contribution in [0.5, 0.6) is 5.75 Å². The first-order chi connectivity index (χ1) is 9.06. The Hall–Kier alpha value is -1.75. The molecule has 1 heterocycles. The average Bonchev–Trinajstić information content (AvgIpc) is 2.36. The van der Waals surface area contributed by atoms with Crippen LogP contribution in [0, 0.1) is 6.92 Å². The SMILES string of the molecule is Cc1ccc(OCCn2cc(N)ccc2=O)c(Br)c1. The zero-order valence-corrected chi connectivity index (χ0v) is 12.2. The van der Waals surface area contributed by atoms with E-state index in [9.17, 15) is 4.79 Å². The fraction of sp³-hybridized carbons (Fsp3) is 0.214. The van der Waals surface area contributed by atoms with Crippen LogP contribution in [0.2, 0.25) is 0 Å². The van der Waals surface area contributed by atoms with Crippen LogP contribution in [-0.4, -0.2) is 11.2 Å². The molecule has 0 spiro atoms. The maximum absolute atomic E-state index is 11.6. The Balaban J connectivity index is 2.00. The predicted molar refractivity (Wildman–Crippen MR) is 79.5 cm³/mol. The number of nitrogens with zero attached hydrogens (tertiary/aromatic N) is 1. The molecule has 0 fully saturated rings. The number of pyridine rings is 1. The second-order valence-electron chi connectivity index (χ2n) is 4.28. The van der Waals surface area contributed by atoms with Crippen LogP contribution in [0.1, 0.15) is 5.56 Å². The third-order valence-corrected chi connectivity index (χ3v) is 3.30. The summed E-state index contributed by atoms with van der Waals surface area (Å²) in [5.74, 6) is 0.766. The van der Waals surface area contributed by atoms with Gasteiger partial charge in [-0.2, -0.15) is 0 Å². The number of hydrogen-bond acceptors (Lipinski definition) is 3. The van der Waals surface area contributed by atoms with Crippen LogP contribution in [-0.2, 0) is 6.54 Å². The van der Waals surface area contributed by atoms with E-state index in [1.165, 1.54) is 10.6 Å². The van der Waals surface area contributed by atoms with E-state index in [0.29, 0.717) is 18.8 Å². The molecule has 19 heavy (non-hydrogen) atoms. The van der Waals surface area contributed by atoms with E-state index in [0.717, 1.165) is 15.8 Å². The van der Waals surface area contributed by atoms with Crippen molar-refractivity contribution in [2.75, 3.05) is 12.3 Å². The van der Waals surface area contributed by atoms with Crippen molar-refractivity contribution in [2.24, 2.45) is 0 Å². The number of nitrogens with two attached hydrogens (primary N) is 1. The number of halogens is 1. The number of hydrogen-bond donors (Lipinski definition) is 1. The lowest BCUT2D eigenvalue weighted by atomic mass is 10.2. The van der Waals surface area contributed by atoms with Crippen molar-refractivity contribution in [3.05, 3.63) is 56.9 Å². The van der Waals surface area contributed by atoms with Crippen molar-refractivity contribution >= 4 is 21.6 Å². The van der Waals surface area contributed by atoms with E-state index >= 15 is 0 Å². The zero-order chi connectivity index (χ0) is 13.8. The average molecular weight is 323 g/mol. The molecule has 2 rings (SSSR count). The first-order valence-electron chi connectivity index (χ1n) is 5.91. The number of nitrogen functional groups attached to an aromatic ring is 1. The molecule has 0 unspecified atom stereocenters. The summed E-state index contributed by atoms with van der Waals surface area (Å²) in [6, 6.07) is 8.92. The molecule has 0 atom stereocenters. The van der Waals surface area contributed by atoms with E-state index in [-0.39, 0.29) is 5.56 Å². The van der Waals surface area contributed by atoms with Crippen LogP contribution in [0.25, 0.3) is 0 Å². The molecule has 0 saturated carbocycles. The molecule has 4 nitrogen and oxygen atoms in total. The molecular formula is C14H15BrN2O2. The van der Waals surface area contributed by atoms with E-state index < -0.39 is 0 Å². The summed E-state index contributed by atoms with van der Waals surface area (Å²) in [4.78, 5) is 11.6. The van der Waals surface area contributed by atoms with E-state index in [4.69, 9.17) is 10.5 Å². The normalized spacial score (nSPS) is 10.4. The van der Waals surface area contributed by atoms with Crippen LogP contribution in [0.3, 0.4) is 0 Å². The number of benzene rings is 1. The number of aryl methyl sites for hydroxylation is 1. The lowest BCUT2D eigenvalue weighted by molar-refractivity contribution is 0.294. The van der Waals surface area contributed by atoms with Gasteiger partial charge in [-0.1, -0.05) is 6.07 Å². The quantitative estimate of drug-likeness (QED) is 0.941. The smallest absolute Gasteiger partial charge is 0.250 e. The molecule has 0 aliphatic carbocycles. The zero-order valence-electron chi connectivity index (χ0n) is 10.6. The largest absolute Gasteiger partial charge is 0.491 e. The van der Waals surface area contributed by atoms with Gasteiger partial charge in [0.05, 0.1) is 11.0 Å². The highest BCUT2D eigenvalue weighted by Crippen LogP contribution is 2.25. The molecule has 0 aliphatic heterocycles. The van der Waals surface area contributed by atoms with Gasteiger partial charge in [-0.05, 0) is 46.6 Å². The molecule has 1 aromatic heterocycles. The monoisotopic (exact) mass is 322 g/mol. The standard InChI is InChI=1S/C14H15BrN2O2/c1-10-2-4-13(12(15)8-10)19-7-6-17-9-11(16)3-5-14(17)18/h2-5,8-9H,6-7,16H2,1H3. The molecule has 2 N–H and O–H groups in total. The fourth-order valence-corrected chi connectivity index (χ4v) is 2.31. The number of anilines is 1. The molecule has 0 aliphatic rings. The minimum Gasteiger partial charge on any atom is -0.491 e. The Bertz CT molecular complexity index is 638. The van der Waals surface area contributed by atoms with Gasteiger partial charge in [-0.25, -0.2) is 0 Å². The maximum atomic E-state index is 11.6. The highest BCUT2D eigenvalue weighted by Gasteiger charge is 2.02. The van der Waals surface area contributed by atoms with E-state index in [2.05, 4.69) is 15.9 Å². The summed E-state index contributed by atoms with van der Waals surface area (Å²) in [7, 11) is 0. The minimum atomic E-state index is -0.0826. The van der Waals surface area contributed by atoms with Gasteiger partial charge in [0.2, 0.25) is 0 Å². The van der Waals surface area contributed by atoms with E-state index in [1.807, 2.05) is 25.1 Å². The van der Waals surface area contributed by atoms with E-state index in [1.54, 1.807) is 12.3 Å². The van der Waals surface area contributed by atoms with Gasteiger partial charge in [0, 0.05) is 18.0 Å². The summed E-state index contributed by atoms with van der Waals surface area (Å²) in [6.45, 7) is 2.88. The van der Waals surface area contributed by atoms with Crippen molar-refractivity contribution in [3.8, 4) is 5.75 Å². The minimum absolute atomic E-state index is 0.0826. The van der Waals surface area contributed by atoms with Crippen LogP contribution < -0.4 is 16.0 Å². The Labute approximate surface area is 119 Å². The fourth-order valence-electron chi connectivity index (χ4n) is 1.70. The number of aromatic nitrogens is 1. The lowest BCUT2D eigenvalue weighted by Crippen LogP contribution is -2.22. The molecule has 2 aromatic rings. The third-order valence-electron chi connectivity index (χ3n) is 2.68. The van der Waals surface area contributed by atoms with Crippen molar-refractivity contribution in [3.63, 3.8) is 0 Å². The number of ether oxygens (including phenoxy) is 1. The highest BCUT2D eigenvalue weighted by atomic mass is 79.9. The van der Waals surface area contributed by atoms with Gasteiger partial charge in [-0.3, -0.25) is 4.79 Å². The Morgan fingerprint density at radius 2 is 2.11 bits per heavy atom. The number of rotatable bonds is 4. The Morgan fingerprint density at radius 3 is 2.84 bits per heavy atom. The maximum Gasteiger partial charge on any atom is 0.250 e. The molecule has 100 valence electrons. The van der Waals surface area contributed by atoms with Crippen molar-refractivity contribution in [1.82, 2.24) is 4.57 Å². The molecule has 5 heteroatoms. The second kappa shape index (κ2) is 5.93. The van der Waals surface area contributed by atoms with Crippen LogP contribution in [0.15, 0.2) is 45.8 Å². The third kappa shape index (κ3) is 3.61. The van der Waals surface area contributed by atoms with Crippen LogP contribution >= 0.6 is 15.9 Å². The summed E-state index contributed by atoms with van der Waals surface area (Å²) in [5, 5.41) is 0. The van der Waals surface area contributed by atoms with Gasteiger partial charge in [0.25, 0.3) is 5.56 Å². The predicted octanol–water partition coefficient (Wildman–Crippen LogP) is 2.58. The highest BCUT2D eigenvalue weighted by molar-refractivity contribution is 9.10. The first-order valence-corrected chi connectivity index (χ1v) is 6.70. The molecule has 0 radical (unpaired) electrons. The summed E-state index contributed by atoms with van der Waals surface area (Å²) >= 11 is 3.45.